The van der Waals surface area contributed by atoms with E-state index >= 15 is 0 Å². The SMILES string of the molecule is CO/C(=N/[S@](=O)C(C)(C)C)[C@H](Sc1ccccc1)[C@H](NS(=O)(=O)c1ccc(C)cc1)c1ccccc1. The quantitative estimate of drug-likeness (QED) is 0.213. The molecule has 0 aliphatic rings. The van der Waals surface area contributed by atoms with Gasteiger partial charge in [-0.05, 0) is 57.5 Å². The summed E-state index contributed by atoms with van der Waals surface area (Å²) < 4.78 is 52.4. The summed E-state index contributed by atoms with van der Waals surface area (Å²) in [6.07, 6.45) is 0. The van der Waals surface area contributed by atoms with Crippen LogP contribution in [0.4, 0.5) is 0 Å². The minimum absolute atomic E-state index is 0.159. The van der Waals surface area contributed by atoms with E-state index in [0.717, 1.165) is 16.0 Å². The second-order valence-electron chi connectivity index (χ2n) is 9.17. The van der Waals surface area contributed by atoms with Crippen LogP contribution in [0.3, 0.4) is 0 Å². The van der Waals surface area contributed by atoms with Gasteiger partial charge in [0.1, 0.15) is 16.2 Å². The largest absolute Gasteiger partial charge is 0.483 e. The summed E-state index contributed by atoms with van der Waals surface area (Å²) in [5.41, 5.74) is 1.69. The minimum Gasteiger partial charge on any atom is -0.483 e. The van der Waals surface area contributed by atoms with E-state index in [9.17, 15) is 12.6 Å². The lowest BCUT2D eigenvalue weighted by molar-refractivity contribution is 0.386. The summed E-state index contributed by atoms with van der Waals surface area (Å²) in [7, 11) is -4.05. The molecule has 0 unspecified atom stereocenters. The van der Waals surface area contributed by atoms with Crippen LogP contribution >= 0.6 is 11.8 Å². The molecule has 1 N–H and O–H groups in total. The van der Waals surface area contributed by atoms with Crippen molar-refractivity contribution in [1.29, 1.82) is 0 Å². The standard InChI is InChI=1S/C27H32N2O4S3/c1-20-16-18-23(19-17-20)36(31,32)29-24(21-12-8-6-9-13-21)25(34-22-14-10-7-11-15-22)26(33-5)28-35(30)27(2,3)4/h6-19,24-25,29H,1-5H3/b28-26+/t24-,25-,35-/m1/s1. The van der Waals surface area contributed by atoms with Crippen LogP contribution < -0.4 is 4.72 Å². The topological polar surface area (TPSA) is 84.8 Å². The summed E-state index contributed by atoms with van der Waals surface area (Å²) in [5, 5.41) is -0.647. The van der Waals surface area contributed by atoms with E-state index in [4.69, 9.17) is 4.74 Å². The number of nitrogens with zero attached hydrogens (tertiary/aromatic N) is 1. The van der Waals surface area contributed by atoms with E-state index in [2.05, 4.69) is 9.12 Å². The van der Waals surface area contributed by atoms with Crippen LogP contribution in [-0.4, -0.2) is 35.6 Å². The van der Waals surface area contributed by atoms with Gasteiger partial charge in [-0.1, -0.05) is 66.2 Å². The Morgan fingerprint density at radius 2 is 1.50 bits per heavy atom. The maximum absolute atomic E-state index is 13.5. The third-order valence-electron chi connectivity index (χ3n) is 5.23. The molecule has 0 amide bonds. The fourth-order valence-corrected chi connectivity index (χ4v) is 6.48. The maximum atomic E-state index is 13.5. The second kappa shape index (κ2) is 12.2. The van der Waals surface area contributed by atoms with Crippen LogP contribution in [-0.2, 0) is 25.7 Å². The van der Waals surface area contributed by atoms with Gasteiger partial charge < -0.3 is 4.74 Å². The molecule has 9 heteroatoms. The van der Waals surface area contributed by atoms with Crippen molar-refractivity contribution in [3.8, 4) is 0 Å². The minimum atomic E-state index is -3.91. The molecule has 3 aromatic carbocycles. The molecule has 0 saturated heterocycles. The van der Waals surface area contributed by atoms with Crippen LogP contribution in [0.2, 0.25) is 0 Å². The van der Waals surface area contributed by atoms with Gasteiger partial charge in [0, 0.05) is 4.90 Å². The average Bonchev–Trinajstić information content (AvgIpc) is 2.85. The summed E-state index contributed by atoms with van der Waals surface area (Å²) >= 11 is 1.40. The molecule has 3 aromatic rings. The van der Waals surface area contributed by atoms with Crippen molar-refractivity contribution in [1.82, 2.24) is 4.72 Å². The van der Waals surface area contributed by atoms with Crippen LogP contribution in [0.15, 0.2) is 99.1 Å². The van der Waals surface area contributed by atoms with Crippen molar-refractivity contribution in [2.45, 2.75) is 53.5 Å². The number of nitrogens with one attached hydrogen (secondary N) is 1. The first-order valence-electron chi connectivity index (χ1n) is 11.4. The lowest BCUT2D eigenvalue weighted by Crippen LogP contribution is -2.40. The molecule has 0 radical (unpaired) electrons. The number of hydrogen-bond donors (Lipinski definition) is 1. The monoisotopic (exact) mass is 544 g/mol. The van der Waals surface area contributed by atoms with E-state index in [1.54, 1.807) is 24.3 Å². The fraction of sp³-hybridized carbons (Fsp3) is 0.296. The third-order valence-corrected chi connectivity index (χ3v) is 9.35. The number of rotatable bonds is 9. The Bertz CT molecular complexity index is 1290. The molecule has 0 fully saturated rings. The third kappa shape index (κ3) is 7.52. The lowest BCUT2D eigenvalue weighted by atomic mass is 10.0. The molecule has 3 atom stereocenters. The molecule has 0 heterocycles. The highest BCUT2D eigenvalue weighted by Gasteiger charge is 2.35. The molecule has 3 rings (SSSR count). The van der Waals surface area contributed by atoms with Crippen molar-refractivity contribution in [2.24, 2.45) is 4.40 Å². The number of aryl methyl sites for hydroxylation is 1. The maximum Gasteiger partial charge on any atom is 0.241 e. The Morgan fingerprint density at radius 1 is 0.944 bits per heavy atom. The van der Waals surface area contributed by atoms with Gasteiger partial charge in [-0.25, -0.2) is 17.3 Å². The summed E-state index contributed by atoms with van der Waals surface area (Å²) in [6.45, 7) is 7.38. The van der Waals surface area contributed by atoms with Crippen LogP contribution in [0, 0.1) is 6.92 Å². The summed E-state index contributed by atoms with van der Waals surface area (Å²) in [6, 6.07) is 24.8. The highest BCUT2D eigenvalue weighted by molar-refractivity contribution is 8.00. The Kier molecular flexibility index (Phi) is 9.52. The molecule has 36 heavy (non-hydrogen) atoms. The zero-order chi connectivity index (χ0) is 26.3. The smallest absolute Gasteiger partial charge is 0.241 e. The number of sulfonamides is 1. The normalized spacial score (nSPS) is 15.2. The molecule has 0 bridgehead atoms. The van der Waals surface area contributed by atoms with Gasteiger partial charge >= 0.3 is 0 Å². The predicted octanol–water partition coefficient (Wildman–Crippen LogP) is 5.68. The van der Waals surface area contributed by atoms with Crippen molar-refractivity contribution >= 4 is 38.7 Å². The zero-order valence-corrected chi connectivity index (χ0v) is 23.5. The number of ether oxygens (including phenoxy) is 1. The second-order valence-corrected chi connectivity index (χ2v) is 14.0. The molecule has 0 spiro atoms. The number of methoxy groups -OCH3 is 1. The van der Waals surface area contributed by atoms with E-state index in [-0.39, 0.29) is 10.8 Å². The molecule has 0 aliphatic carbocycles. The molecule has 6 nitrogen and oxygen atoms in total. The van der Waals surface area contributed by atoms with Crippen molar-refractivity contribution < 1.29 is 17.4 Å². The Labute approximate surface area is 221 Å². The van der Waals surface area contributed by atoms with E-state index in [1.807, 2.05) is 88.4 Å². The van der Waals surface area contributed by atoms with Crippen molar-refractivity contribution in [2.75, 3.05) is 7.11 Å². The number of benzene rings is 3. The van der Waals surface area contributed by atoms with Gasteiger partial charge in [0.25, 0.3) is 0 Å². The van der Waals surface area contributed by atoms with Crippen molar-refractivity contribution in [3.63, 3.8) is 0 Å². The first-order chi connectivity index (χ1) is 17.0. The van der Waals surface area contributed by atoms with E-state index in [1.165, 1.54) is 18.9 Å². The van der Waals surface area contributed by atoms with Crippen LogP contribution in [0.25, 0.3) is 0 Å². The van der Waals surface area contributed by atoms with Gasteiger partial charge in [-0.15, -0.1) is 11.8 Å². The molecule has 0 aromatic heterocycles. The highest BCUT2D eigenvalue weighted by Crippen LogP contribution is 2.35. The van der Waals surface area contributed by atoms with E-state index in [0.29, 0.717) is 0 Å². The van der Waals surface area contributed by atoms with E-state index < -0.39 is 37.0 Å². The summed E-state index contributed by atoms with van der Waals surface area (Å²) in [5.74, 6) is 0.192. The van der Waals surface area contributed by atoms with Gasteiger partial charge in [0.05, 0.1) is 22.8 Å². The fourth-order valence-electron chi connectivity index (χ4n) is 3.25. The first-order valence-corrected chi connectivity index (χ1v) is 14.9. The number of thioether (sulfide) groups is 1. The first kappa shape index (κ1) is 28.1. The predicted molar refractivity (Wildman–Crippen MR) is 149 cm³/mol. The van der Waals surface area contributed by atoms with Gasteiger partial charge in [-0.2, -0.15) is 4.40 Å². The lowest BCUT2D eigenvalue weighted by Gasteiger charge is -2.29. The van der Waals surface area contributed by atoms with Crippen LogP contribution in [0.1, 0.15) is 37.9 Å². The zero-order valence-electron chi connectivity index (χ0n) is 21.0. The Morgan fingerprint density at radius 3 is 2.03 bits per heavy atom. The van der Waals surface area contributed by atoms with Gasteiger partial charge in [0.2, 0.25) is 15.9 Å². The average molecular weight is 545 g/mol. The van der Waals surface area contributed by atoms with Gasteiger partial charge in [0.15, 0.2) is 0 Å². The van der Waals surface area contributed by atoms with Gasteiger partial charge in [-0.3, -0.25) is 0 Å². The Hall–Kier alpha value is -2.46. The number of hydrogen-bond acceptors (Lipinski definition) is 5. The molecular formula is C27H32N2O4S3. The van der Waals surface area contributed by atoms with Crippen LogP contribution in [0.5, 0.6) is 0 Å². The molecule has 0 aliphatic heterocycles. The molecular weight excluding hydrogens is 513 g/mol. The van der Waals surface area contributed by atoms with Crippen molar-refractivity contribution in [3.05, 3.63) is 96.1 Å². The molecule has 192 valence electrons. The summed E-state index contributed by atoms with van der Waals surface area (Å²) in [4.78, 5) is 1.05. The molecule has 0 saturated carbocycles. The highest BCUT2D eigenvalue weighted by atomic mass is 32.2. The Balaban J connectivity index is 2.15.